The number of hydrogen-bond acceptors (Lipinski definition) is 1. The lowest BCUT2D eigenvalue weighted by Gasteiger charge is -2.31. The van der Waals surface area contributed by atoms with Crippen LogP contribution >= 0.6 is 23.2 Å². The number of halogens is 12. The maximum absolute atomic E-state index is 12.8. The molecule has 0 amide bonds. The third-order valence-corrected chi connectivity index (χ3v) is 1.97. The number of hydrogen-bond donors (Lipinski definition) is 0. The van der Waals surface area contributed by atoms with Gasteiger partial charge in [-0.15, -0.1) is 0 Å². The van der Waals surface area contributed by atoms with Crippen molar-refractivity contribution >= 4 is 23.2 Å². The summed E-state index contributed by atoms with van der Waals surface area (Å²) >= 11 is 8.22. The molecule has 0 aliphatic heterocycles. The van der Waals surface area contributed by atoms with Crippen molar-refractivity contribution in [2.75, 3.05) is 0 Å². The molecule has 116 valence electrons. The average Bonchev–Trinajstić information content (AvgIpc) is 2.10. The van der Waals surface area contributed by atoms with E-state index in [1.807, 2.05) is 0 Å². The molecule has 19 heavy (non-hydrogen) atoms. The summed E-state index contributed by atoms with van der Waals surface area (Å²) in [4.78, 5) is 0. The summed E-state index contributed by atoms with van der Waals surface area (Å²) < 4.78 is 123. The van der Waals surface area contributed by atoms with Gasteiger partial charge in [0, 0.05) is 0 Å². The molecule has 0 saturated heterocycles. The predicted molar refractivity (Wildman–Crippen MR) is 42.4 cm³/mol. The van der Waals surface area contributed by atoms with E-state index in [4.69, 9.17) is 0 Å². The molecule has 1 nitrogen and oxygen atoms in total. The number of ether oxygens (including phenoxy) is 1. The Morgan fingerprint density at radius 2 is 0.842 bits per heavy atom. The van der Waals surface area contributed by atoms with E-state index in [9.17, 15) is 43.9 Å². The van der Waals surface area contributed by atoms with Crippen molar-refractivity contribution in [2.45, 2.75) is 35.3 Å². The SMILES string of the molecule is FC(C(F)(F)F)C(F)(Cl)OC(F)(Cl)C(F)C(F)(F)F. The minimum Gasteiger partial charge on any atom is -0.278 e. The molecule has 0 aliphatic carbocycles. The second kappa shape index (κ2) is 5.32. The van der Waals surface area contributed by atoms with Crippen LogP contribution in [0.4, 0.5) is 43.9 Å². The fourth-order valence-corrected chi connectivity index (χ4v) is 1.18. The first kappa shape index (κ1) is 18.8. The van der Waals surface area contributed by atoms with Crippen LogP contribution in [0, 0.1) is 0 Å². The summed E-state index contributed by atoms with van der Waals surface area (Å²) in [5.41, 5.74) is 0. The first-order valence-corrected chi connectivity index (χ1v) is 4.65. The van der Waals surface area contributed by atoms with E-state index < -0.39 is 35.3 Å². The van der Waals surface area contributed by atoms with E-state index in [0.717, 1.165) is 0 Å². The molecule has 0 aromatic heterocycles. The molecule has 4 unspecified atom stereocenters. The molecule has 0 heterocycles. The molecule has 0 aromatic carbocycles. The Kier molecular flexibility index (Phi) is 5.27. The summed E-state index contributed by atoms with van der Waals surface area (Å²) in [6.45, 7) is 0. The zero-order valence-electron chi connectivity index (χ0n) is 8.10. The lowest BCUT2D eigenvalue weighted by molar-refractivity contribution is -0.319. The second-order valence-electron chi connectivity index (χ2n) is 3.03. The van der Waals surface area contributed by atoms with Gasteiger partial charge < -0.3 is 0 Å². The molecule has 4 atom stereocenters. The van der Waals surface area contributed by atoms with Crippen LogP contribution in [0.15, 0.2) is 0 Å². The first-order valence-electron chi connectivity index (χ1n) is 3.89. The molecular formula is C6H2Cl2F10O. The lowest BCUT2D eigenvalue weighted by Crippen LogP contribution is -2.51. The highest BCUT2D eigenvalue weighted by atomic mass is 35.5. The smallest absolute Gasteiger partial charge is 0.278 e. The van der Waals surface area contributed by atoms with Crippen molar-refractivity contribution in [3.05, 3.63) is 0 Å². The molecule has 0 aromatic rings. The lowest BCUT2D eigenvalue weighted by atomic mass is 10.3. The van der Waals surface area contributed by atoms with Gasteiger partial charge in [0.05, 0.1) is 0 Å². The van der Waals surface area contributed by atoms with E-state index >= 15 is 0 Å². The Hall–Kier alpha value is -0.160. The monoisotopic (exact) mass is 350 g/mol. The van der Waals surface area contributed by atoms with E-state index in [1.165, 1.54) is 0 Å². The van der Waals surface area contributed by atoms with Crippen LogP contribution in [0.3, 0.4) is 0 Å². The predicted octanol–water partition coefficient (Wildman–Crippen LogP) is 4.53. The van der Waals surface area contributed by atoms with Gasteiger partial charge in [0.25, 0.3) is 12.3 Å². The molecule has 13 heteroatoms. The topological polar surface area (TPSA) is 9.23 Å². The Morgan fingerprint density at radius 3 is 1.00 bits per heavy atom. The molecule has 0 rings (SSSR count). The summed E-state index contributed by atoms with van der Waals surface area (Å²) in [5.74, 6) is 0. The second-order valence-corrected chi connectivity index (χ2v) is 4.06. The highest BCUT2D eigenvalue weighted by Crippen LogP contribution is 2.45. The van der Waals surface area contributed by atoms with Crippen molar-refractivity contribution in [1.82, 2.24) is 0 Å². The van der Waals surface area contributed by atoms with Crippen molar-refractivity contribution in [3.63, 3.8) is 0 Å². The summed E-state index contributed by atoms with van der Waals surface area (Å²) in [7, 11) is 0. The van der Waals surface area contributed by atoms with Gasteiger partial charge in [-0.1, -0.05) is 0 Å². The zero-order chi connectivity index (χ0) is 15.9. The molecule has 0 N–H and O–H groups in total. The van der Waals surface area contributed by atoms with Crippen molar-refractivity contribution in [1.29, 1.82) is 0 Å². The fraction of sp³-hybridized carbons (Fsp3) is 1.00. The maximum atomic E-state index is 12.8. The Bertz CT molecular complexity index is 280. The van der Waals surface area contributed by atoms with E-state index in [-0.39, 0.29) is 0 Å². The number of rotatable bonds is 4. The van der Waals surface area contributed by atoms with Gasteiger partial charge in [-0.25, -0.2) is 8.78 Å². The van der Waals surface area contributed by atoms with Gasteiger partial charge in [0.15, 0.2) is 0 Å². The minimum atomic E-state index is -6.05. The molecule has 0 aliphatic rings. The van der Waals surface area contributed by atoms with Crippen LogP contribution in [0.1, 0.15) is 0 Å². The summed E-state index contributed by atoms with van der Waals surface area (Å²) in [6.07, 6.45) is -21.6. The molecular weight excluding hydrogens is 349 g/mol. The third-order valence-electron chi connectivity index (χ3n) is 1.44. The quantitative estimate of drug-likeness (QED) is 0.534. The van der Waals surface area contributed by atoms with E-state index in [0.29, 0.717) is 0 Å². The maximum Gasteiger partial charge on any atom is 0.426 e. The van der Waals surface area contributed by atoms with Crippen LogP contribution in [0.25, 0.3) is 0 Å². The Morgan fingerprint density at radius 1 is 0.632 bits per heavy atom. The highest BCUT2D eigenvalue weighted by Gasteiger charge is 2.64. The van der Waals surface area contributed by atoms with Crippen molar-refractivity contribution in [3.8, 4) is 0 Å². The van der Waals surface area contributed by atoms with Crippen LogP contribution in [0.2, 0.25) is 0 Å². The Labute approximate surface area is 108 Å². The van der Waals surface area contributed by atoms with Gasteiger partial charge in [-0.05, 0) is 23.2 Å². The minimum absolute atomic E-state index is 2.61. The molecule has 0 saturated carbocycles. The molecule has 0 fully saturated rings. The third kappa shape index (κ3) is 5.03. The van der Waals surface area contributed by atoms with Crippen LogP contribution < -0.4 is 0 Å². The molecule has 0 bridgehead atoms. The van der Waals surface area contributed by atoms with Gasteiger partial charge in [0.2, 0.25) is 0 Å². The highest BCUT2D eigenvalue weighted by molar-refractivity contribution is 6.24. The van der Waals surface area contributed by atoms with Crippen LogP contribution in [-0.2, 0) is 4.74 Å². The first-order chi connectivity index (χ1) is 8.02. The molecule has 0 radical (unpaired) electrons. The average molecular weight is 351 g/mol. The van der Waals surface area contributed by atoms with Crippen molar-refractivity contribution < 1.29 is 48.6 Å². The Balaban J connectivity index is 5.11. The van der Waals surface area contributed by atoms with Gasteiger partial charge in [0.1, 0.15) is 0 Å². The van der Waals surface area contributed by atoms with Gasteiger partial charge >= 0.3 is 23.0 Å². The van der Waals surface area contributed by atoms with Crippen LogP contribution in [0.5, 0.6) is 0 Å². The fourth-order valence-electron chi connectivity index (χ4n) is 0.666. The zero-order valence-corrected chi connectivity index (χ0v) is 9.61. The van der Waals surface area contributed by atoms with E-state index in [2.05, 4.69) is 27.9 Å². The molecule has 0 spiro atoms. The largest absolute Gasteiger partial charge is 0.426 e. The summed E-state index contributed by atoms with van der Waals surface area (Å²) in [5, 5.41) is -10.4. The van der Waals surface area contributed by atoms with Gasteiger partial charge in [-0.2, -0.15) is 35.1 Å². The normalized spacial score (nSPS) is 23.4. The van der Waals surface area contributed by atoms with Gasteiger partial charge in [-0.3, -0.25) is 4.74 Å². The summed E-state index contributed by atoms with van der Waals surface area (Å²) in [6, 6.07) is 0. The van der Waals surface area contributed by atoms with Crippen LogP contribution in [-0.4, -0.2) is 35.3 Å². The van der Waals surface area contributed by atoms with E-state index in [1.54, 1.807) is 0 Å². The standard InChI is InChI=1S/C6H2Cl2F10O/c7-3(11,1(9)5(13,14)15)19-4(8,12)2(10)6(16,17)18/h1-2H. The number of alkyl halides is 12. The van der Waals surface area contributed by atoms with Crippen molar-refractivity contribution in [2.24, 2.45) is 0 Å².